The first kappa shape index (κ1) is 16.4. The van der Waals surface area contributed by atoms with E-state index in [2.05, 4.69) is 36.1 Å². The van der Waals surface area contributed by atoms with Gasteiger partial charge in [0.1, 0.15) is 0 Å². The second kappa shape index (κ2) is 7.39. The van der Waals surface area contributed by atoms with E-state index in [1.807, 2.05) is 12.1 Å². The summed E-state index contributed by atoms with van der Waals surface area (Å²) in [6, 6.07) is 16.6. The molecular formula is C19H23NO2S. The van der Waals surface area contributed by atoms with Crippen LogP contribution >= 0.6 is 0 Å². The molecule has 2 atom stereocenters. The molecule has 1 saturated heterocycles. The lowest BCUT2D eigenvalue weighted by molar-refractivity contribution is 0.272. The summed E-state index contributed by atoms with van der Waals surface area (Å²) in [4.78, 5) is 3.01. The highest BCUT2D eigenvalue weighted by Crippen LogP contribution is 2.22. The Balaban J connectivity index is 1.63. The Labute approximate surface area is 140 Å². The highest BCUT2D eigenvalue weighted by atomic mass is 32.2. The fraction of sp³-hybridized carbons (Fsp3) is 0.368. The minimum Gasteiger partial charge on any atom is -0.302 e. The van der Waals surface area contributed by atoms with Crippen molar-refractivity contribution in [3.05, 3.63) is 54.1 Å². The second-order valence-corrected chi connectivity index (χ2v) is 7.22. The van der Waals surface area contributed by atoms with Crippen molar-refractivity contribution >= 4 is 11.1 Å². The summed E-state index contributed by atoms with van der Waals surface area (Å²) >= 11 is -1.91. The zero-order chi connectivity index (χ0) is 16.2. The largest absolute Gasteiger partial charge is 0.302 e. The van der Waals surface area contributed by atoms with E-state index in [0.29, 0.717) is 4.90 Å². The quantitative estimate of drug-likeness (QED) is 0.844. The first-order valence-electron chi connectivity index (χ1n) is 8.18. The van der Waals surface area contributed by atoms with E-state index in [0.717, 1.165) is 30.1 Å². The van der Waals surface area contributed by atoms with Gasteiger partial charge in [-0.3, -0.25) is 0 Å². The third-order valence-electron chi connectivity index (χ3n) is 4.72. The minimum atomic E-state index is -1.91. The second-order valence-electron chi connectivity index (χ2n) is 6.25. The van der Waals surface area contributed by atoms with Gasteiger partial charge in [0.25, 0.3) is 0 Å². The molecule has 1 unspecified atom stereocenters. The molecule has 0 radical (unpaired) electrons. The maximum absolute atomic E-state index is 11.0. The molecule has 1 heterocycles. The van der Waals surface area contributed by atoms with Crippen LogP contribution in [0.2, 0.25) is 0 Å². The molecular weight excluding hydrogens is 306 g/mol. The Morgan fingerprint density at radius 3 is 2.22 bits per heavy atom. The lowest BCUT2D eigenvalue weighted by Gasteiger charge is -2.20. The predicted octanol–water partition coefficient (Wildman–Crippen LogP) is 3.96. The molecule has 23 heavy (non-hydrogen) atoms. The molecule has 1 N–H and O–H groups in total. The van der Waals surface area contributed by atoms with Crippen LogP contribution < -0.4 is 0 Å². The Hall–Kier alpha value is -1.49. The fourth-order valence-corrected chi connectivity index (χ4v) is 3.59. The Bertz CT molecular complexity index is 667. The Morgan fingerprint density at radius 1 is 1.09 bits per heavy atom. The number of nitrogens with zero attached hydrogens (tertiary/aromatic N) is 1. The molecule has 0 aliphatic carbocycles. The Morgan fingerprint density at radius 2 is 1.70 bits per heavy atom. The number of benzene rings is 2. The van der Waals surface area contributed by atoms with Gasteiger partial charge in [0.15, 0.2) is 11.1 Å². The van der Waals surface area contributed by atoms with Gasteiger partial charge >= 0.3 is 0 Å². The zero-order valence-electron chi connectivity index (χ0n) is 13.4. The van der Waals surface area contributed by atoms with Gasteiger partial charge in [0, 0.05) is 12.6 Å². The van der Waals surface area contributed by atoms with Gasteiger partial charge in [-0.2, -0.15) is 0 Å². The molecule has 1 fully saturated rings. The normalized spacial score (nSPS) is 19.8. The minimum absolute atomic E-state index is 0.435. The average molecular weight is 329 g/mol. The van der Waals surface area contributed by atoms with Gasteiger partial charge in [-0.15, -0.1) is 0 Å². The SMILES string of the molecule is C[C@@H]1CCCN1CCc1ccc(-c2ccc(S(=O)O)cc2)cc1. The van der Waals surface area contributed by atoms with Crippen LogP contribution in [0, 0.1) is 0 Å². The fourth-order valence-electron chi connectivity index (χ4n) is 3.23. The molecule has 2 aromatic rings. The summed E-state index contributed by atoms with van der Waals surface area (Å²) in [6.07, 6.45) is 3.75. The maximum atomic E-state index is 11.0. The molecule has 0 spiro atoms. The third kappa shape index (κ3) is 4.08. The smallest absolute Gasteiger partial charge is 0.186 e. The molecule has 0 aromatic heterocycles. The van der Waals surface area contributed by atoms with Crippen LogP contribution in [0.1, 0.15) is 25.3 Å². The van der Waals surface area contributed by atoms with Crippen molar-refractivity contribution in [3.63, 3.8) is 0 Å². The van der Waals surface area contributed by atoms with Gasteiger partial charge in [-0.05, 0) is 61.6 Å². The molecule has 3 nitrogen and oxygen atoms in total. The van der Waals surface area contributed by atoms with Crippen LogP contribution in [0.4, 0.5) is 0 Å². The number of likely N-dealkylation sites (tertiary alicyclic amines) is 1. The maximum Gasteiger partial charge on any atom is 0.186 e. The van der Waals surface area contributed by atoms with Gasteiger partial charge in [0.05, 0.1) is 4.90 Å². The molecule has 3 rings (SSSR count). The van der Waals surface area contributed by atoms with Crippen molar-refractivity contribution in [3.8, 4) is 11.1 Å². The lowest BCUT2D eigenvalue weighted by atomic mass is 10.0. The topological polar surface area (TPSA) is 40.5 Å². The van der Waals surface area contributed by atoms with Crippen molar-refractivity contribution < 1.29 is 8.76 Å². The molecule has 0 bridgehead atoms. The van der Waals surface area contributed by atoms with Crippen molar-refractivity contribution in [2.45, 2.75) is 37.1 Å². The summed E-state index contributed by atoms with van der Waals surface area (Å²) in [6.45, 7) is 4.69. The number of rotatable bonds is 5. The van der Waals surface area contributed by atoms with Crippen molar-refractivity contribution in [1.82, 2.24) is 4.90 Å². The van der Waals surface area contributed by atoms with Gasteiger partial charge in [-0.1, -0.05) is 36.4 Å². The van der Waals surface area contributed by atoms with Gasteiger partial charge < -0.3 is 9.45 Å². The average Bonchev–Trinajstić information content (AvgIpc) is 2.99. The summed E-state index contributed by atoms with van der Waals surface area (Å²) in [5.74, 6) is 0. The molecule has 1 aliphatic rings. The predicted molar refractivity (Wildman–Crippen MR) is 94.9 cm³/mol. The highest BCUT2D eigenvalue weighted by Gasteiger charge is 2.19. The van der Waals surface area contributed by atoms with Crippen LogP contribution in [0.3, 0.4) is 0 Å². The molecule has 0 saturated carbocycles. The van der Waals surface area contributed by atoms with E-state index in [9.17, 15) is 4.21 Å². The van der Waals surface area contributed by atoms with Gasteiger partial charge in [0.2, 0.25) is 0 Å². The van der Waals surface area contributed by atoms with E-state index in [1.54, 1.807) is 12.1 Å². The molecule has 1 aliphatic heterocycles. The molecule has 2 aromatic carbocycles. The Kier molecular flexibility index (Phi) is 5.26. The van der Waals surface area contributed by atoms with Crippen molar-refractivity contribution in [2.24, 2.45) is 0 Å². The summed E-state index contributed by atoms with van der Waals surface area (Å²) in [5.41, 5.74) is 3.57. The van der Waals surface area contributed by atoms with E-state index < -0.39 is 11.1 Å². The molecule has 122 valence electrons. The summed E-state index contributed by atoms with van der Waals surface area (Å²) in [7, 11) is 0. The highest BCUT2D eigenvalue weighted by molar-refractivity contribution is 7.79. The first-order valence-corrected chi connectivity index (χ1v) is 9.28. The van der Waals surface area contributed by atoms with E-state index in [-0.39, 0.29) is 0 Å². The standard InChI is InChI=1S/C19H23NO2S/c1-15-3-2-13-20(15)14-12-16-4-6-17(7-5-16)18-8-10-19(11-9-18)23(21)22/h4-11,15H,2-3,12-14H2,1H3,(H,21,22)/t15-/m1/s1. The van der Waals surface area contributed by atoms with Gasteiger partial charge in [-0.25, -0.2) is 4.21 Å². The monoisotopic (exact) mass is 329 g/mol. The van der Waals surface area contributed by atoms with E-state index >= 15 is 0 Å². The summed E-state index contributed by atoms with van der Waals surface area (Å²) in [5, 5.41) is 0. The van der Waals surface area contributed by atoms with Crippen molar-refractivity contribution in [2.75, 3.05) is 13.1 Å². The van der Waals surface area contributed by atoms with Crippen LogP contribution in [-0.2, 0) is 17.5 Å². The van der Waals surface area contributed by atoms with Crippen LogP contribution in [0.15, 0.2) is 53.4 Å². The summed E-state index contributed by atoms with van der Waals surface area (Å²) < 4.78 is 20.1. The number of hydrogen-bond donors (Lipinski definition) is 1. The lowest BCUT2D eigenvalue weighted by Crippen LogP contribution is -2.28. The third-order valence-corrected chi connectivity index (χ3v) is 5.40. The first-order chi connectivity index (χ1) is 11.1. The number of hydrogen-bond acceptors (Lipinski definition) is 2. The van der Waals surface area contributed by atoms with Crippen molar-refractivity contribution in [1.29, 1.82) is 0 Å². The molecule has 0 amide bonds. The van der Waals surface area contributed by atoms with Crippen LogP contribution in [0.5, 0.6) is 0 Å². The van der Waals surface area contributed by atoms with Crippen LogP contribution in [-0.4, -0.2) is 32.8 Å². The van der Waals surface area contributed by atoms with E-state index in [1.165, 1.54) is 24.9 Å². The van der Waals surface area contributed by atoms with Crippen LogP contribution in [0.25, 0.3) is 11.1 Å². The van der Waals surface area contributed by atoms with E-state index in [4.69, 9.17) is 4.55 Å². The molecule has 4 heteroatoms. The zero-order valence-corrected chi connectivity index (χ0v) is 14.3.